The van der Waals surface area contributed by atoms with Crippen LogP contribution in [0.15, 0.2) is 0 Å². The fourth-order valence-corrected chi connectivity index (χ4v) is 4.71. The fraction of sp³-hybridized carbons (Fsp3) is 0.944. The maximum absolute atomic E-state index is 11.2. The van der Waals surface area contributed by atoms with E-state index in [-0.39, 0.29) is 11.9 Å². The summed E-state index contributed by atoms with van der Waals surface area (Å²) in [5, 5.41) is 8.71. The summed E-state index contributed by atoms with van der Waals surface area (Å²) >= 11 is 0. The highest BCUT2D eigenvalue weighted by molar-refractivity contribution is 5.70. The summed E-state index contributed by atoms with van der Waals surface area (Å²) in [6.07, 6.45) is 34.2. The number of hydrogen-bond acceptors (Lipinski definition) is 5. The van der Waals surface area contributed by atoms with Crippen molar-refractivity contribution >= 4 is 11.9 Å². The summed E-state index contributed by atoms with van der Waals surface area (Å²) < 4.78 is 10.0. The molecule has 0 bridgehead atoms. The highest BCUT2D eigenvalue weighted by atomic mass is 16.5. The molecule has 0 aromatic rings. The van der Waals surface area contributed by atoms with Crippen molar-refractivity contribution in [3.8, 4) is 0 Å². The molecule has 1 N–H and O–H groups in total. The lowest BCUT2D eigenvalue weighted by Crippen LogP contribution is -2.07. The van der Waals surface area contributed by atoms with E-state index >= 15 is 0 Å². The van der Waals surface area contributed by atoms with E-state index in [9.17, 15) is 9.59 Å². The molecule has 5 heteroatoms. The molecule has 0 saturated carbocycles. The van der Waals surface area contributed by atoms with Crippen molar-refractivity contribution in [2.24, 2.45) is 0 Å². The van der Waals surface area contributed by atoms with Crippen molar-refractivity contribution in [3.63, 3.8) is 0 Å². The van der Waals surface area contributed by atoms with Crippen molar-refractivity contribution in [1.82, 2.24) is 0 Å². The van der Waals surface area contributed by atoms with Crippen molar-refractivity contribution in [1.29, 1.82) is 0 Å². The predicted molar refractivity (Wildman–Crippen MR) is 175 cm³/mol. The van der Waals surface area contributed by atoms with Crippen LogP contribution >= 0.6 is 0 Å². The van der Waals surface area contributed by atoms with Crippen LogP contribution in [0.5, 0.6) is 0 Å². The van der Waals surface area contributed by atoms with Crippen LogP contribution in [0.25, 0.3) is 0 Å². The van der Waals surface area contributed by atoms with Crippen LogP contribution in [0.4, 0.5) is 0 Å². The molecule has 0 spiro atoms. The van der Waals surface area contributed by atoms with E-state index in [1.54, 1.807) is 0 Å². The van der Waals surface area contributed by atoms with Gasteiger partial charge >= 0.3 is 11.9 Å². The lowest BCUT2D eigenvalue weighted by Gasteiger charge is -2.04. The molecule has 41 heavy (non-hydrogen) atoms. The first kappa shape index (κ1) is 42.0. The van der Waals surface area contributed by atoms with E-state index in [1.807, 2.05) is 0 Å². The Balaban J connectivity index is 0. The quantitative estimate of drug-likeness (QED) is 0.0648. The van der Waals surface area contributed by atoms with E-state index in [2.05, 4.69) is 20.8 Å². The van der Waals surface area contributed by atoms with Crippen LogP contribution in [0, 0.1) is 0 Å². The van der Waals surface area contributed by atoms with Gasteiger partial charge in [0, 0.05) is 19.4 Å². The van der Waals surface area contributed by atoms with E-state index in [1.165, 1.54) is 122 Å². The number of aliphatic hydroxyl groups is 1. The van der Waals surface area contributed by atoms with Crippen LogP contribution in [-0.2, 0) is 19.1 Å². The van der Waals surface area contributed by atoms with Gasteiger partial charge in [-0.3, -0.25) is 9.59 Å². The highest BCUT2D eigenvalue weighted by Gasteiger charge is 2.05. The monoisotopic (exact) mass is 585 g/mol. The largest absolute Gasteiger partial charge is 0.466 e. The molecule has 0 atom stereocenters. The van der Waals surface area contributed by atoms with Crippen molar-refractivity contribution in [3.05, 3.63) is 0 Å². The molecule has 0 saturated heterocycles. The van der Waals surface area contributed by atoms with Gasteiger partial charge in [0.15, 0.2) is 0 Å². The van der Waals surface area contributed by atoms with Crippen LogP contribution in [-0.4, -0.2) is 36.9 Å². The molecular formula is C36H72O5. The zero-order chi connectivity index (χ0) is 30.5. The summed E-state index contributed by atoms with van der Waals surface area (Å²) in [4.78, 5) is 22.5. The van der Waals surface area contributed by atoms with Crippen molar-refractivity contribution < 1.29 is 24.2 Å². The van der Waals surface area contributed by atoms with Gasteiger partial charge in [0.2, 0.25) is 0 Å². The third-order valence-corrected chi connectivity index (χ3v) is 7.55. The number of aliphatic hydroxyl groups excluding tert-OH is 1. The normalized spacial score (nSPS) is 10.7. The third-order valence-electron chi connectivity index (χ3n) is 7.55. The minimum Gasteiger partial charge on any atom is -0.466 e. The van der Waals surface area contributed by atoms with Gasteiger partial charge in [-0.1, -0.05) is 156 Å². The van der Waals surface area contributed by atoms with Crippen LogP contribution < -0.4 is 0 Å². The molecule has 0 fully saturated rings. The number of carbonyl (C=O) groups is 2. The number of hydrogen-bond donors (Lipinski definition) is 1. The molecule has 0 aliphatic heterocycles. The number of rotatable bonds is 31. The van der Waals surface area contributed by atoms with Gasteiger partial charge in [-0.05, 0) is 32.1 Å². The second kappa shape index (κ2) is 38.9. The molecule has 0 heterocycles. The maximum atomic E-state index is 11.2. The second-order valence-corrected chi connectivity index (χ2v) is 11.8. The summed E-state index contributed by atoms with van der Waals surface area (Å²) in [5.74, 6) is -0.328. The Morgan fingerprint density at radius 3 is 0.927 bits per heavy atom. The molecule has 0 amide bonds. The summed E-state index contributed by atoms with van der Waals surface area (Å²) in [6, 6.07) is 0. The minimum atomic E-state index is -0.164. The summed E-state index contributed by atoms with van der Waals surface area (Å²) in [7, 11) is 0. The van der Waals surface area contributed by atoms with Gasteiger partial charge in [-0.15, -0.1) is 0 Å². The van der Waals surface area contributed by atoms with Crippen molar-refractivity contribution in [2.75, 3.05) is 19.8 Å². The Morgan fingerprint density at radius 2 is 0.659 bits per heavy atom. The molecule has 0 radical (unpaired) electrons. The first-order chi connectivity index (χ1) is 20.1. The Morgan fingerprint density at radius 1 is 0.390 bits per heavy atom. The standard InChI is InChI=1S/C22H46O.C14H26O4/c1-2-3-4-5-6-7-8-9-10-11-12-13-14-15-16-17-18-19-20-21-22-23;1-3-5-11-17-13(15)9-7-8-10-14(16)18-12-6-4-2/h23H,2-22H2,1H3;3-12H2,1-2H3. The first-order valence-corrected chi connectivity index (χ1v) is 18.0. The Hall–Kier alpha value is -1.10. The van der Waals surface area contributed by atoms with Gasteiger partial charge in [0.1, 0.15) is 0 Å². The summed E-state index contributed by atoms with van der Waals surface area (Å²) in [6.45, 7) is 7.79. The zero-order valence-electron chi connectivity index (χ0n) is 28.0. The van der Waals surface area contributed by atoms with E-state index in [0.29, 0.717) is 45.5 Å². The fourth-order valence-electron chi connectivity index (χ4n) is 4.71. The molecule has 0 aromatic carbocycles. The molecule has 0 aliphatic rings. The summed E-state index contributed by atoms with van der Waals surface area (Å²) in [5.41, 5.74) is 0. The Bertz CT molecular complexity index is 464. The molecule has 0 rings (SSSR count). The average Bonchev–Trinajstić information content (AvgIpc) is 2.97. The van der Waals surface area contributed by atoms with Crippen molar-refractivity contribution in [2.45, 2.75) is 201 Å². The first-order valence-electron chi connectivity index (χ1n) is 18.0. The predicted octanol–water partition coefficient (Wildman–Crippen LogP) is 11.0. The van der Waals surface area contributed by atoms with E-state index in [4.69, 9.17) is 14.6 Å². The lowest BCUT2D eigenvalue weighted by atomic mass is 10.0. The number of ether oxygens (including phenoxy) is 2. The van der Waals surface area contributed by atoms with Gasteiger partial charge in [0.25, 0.3) is 0 Å². The molecule has 246 valence electrons. The molecule has 5 nitrogen and oxygen atoms in total. The maximum Gasteiger partial charge on any atom is 0.305 e. The van der Waals surface area contributed by atoms with Gasteiger partial charge in [-0.25, -0.2) is 0 Å². The number of esters is 2. The minimum absolute atomic E-state index is 0.164. The molecule has 0 aliphatic carbocycles. The van der Waals surface area contributed by atoms with Crippen LogP contribution in [0.2, 0.25) is 0 Å². The van der Waals surface area contributed by atoms with E-state index < -0.39 is 0 Å². The average molecular weight is 585 g/mol. The SMILES string of the molecule is CCCCCCCCCCCCCCCCCCCCCCO.CCCCOC(=O)CCCCC(=O)OCCCC. The van der Waals surface area contributed by atoms with Crippen LogP contribution in [0.1, 0.15) is 201 Å². The molecule has 0 unspecified atom stereocenters. The highest BCUT2D eigenvalue weighted by Crippen LogP contribution is 2.14. The smallest absolute Gasteiger partial charge is 0.305 e. The third kappa shape index (κ3) is 41.1. The lowest BCUT2D eigenvalue weighted by molar-refractivity contribution is -0.146. The van der Waals surface area contributed by atoms with Gasteiger partial charge in [-0.2, -0.15) is 0 Å². The second-order valence-electron chi connectivity index (χ2n) is 11.8. The zero-order valence-corrected chi connectivity index (χ0v) is 28.0. The topological polar surface area (TPSA) is 72.8 Å². The van der Waals surface area contributed by atoms with Crippen LogP contribution in [0.3, 0.4) is 0 Å². The molecular weight excluding hydrogens is 512 g/mol. The van der Waals surface area contributed by atoms with Gasteiger partial charge < -0.3 is 14.6 Å². The van der Waals surface area contributed by atoms with Gasteiger partial charge in [0.05, 0.1) is 13.2 Å². The molecule has 0 aromatic heterocycles. The number of unbranched alkanes of at least 4 members (excludes halogenated alkanes) is 22. The Kier molecular flexibility index (Phi) is 39.9. The van der Waals surface area contributed by atoms with E-state index in [0.717, 1.165) is 32.1 Å². The Labute approximate surface area is 256 Å². The number of carbonyl (C=O) groups excluding carboxylic acids is 2.